The second-order valence-corrected chi connectivity index (χ2v) is 6.52. The molecule has 0 radical (unpaired) electrons. The molecule has 4 rings (SSSR count). The maximum absolute atomic E-state index is 14.2. The van der Waals surface area contributed by atoms with Crippen molar-refractivity contribution in [2.24, 2.45) is 4.99 Å². The lowest BCUT2D eigenvalue weighted by atomic mass is 10.2. The Labute approximate surface area is 165 Å². The Kier molecular flexibility index (Phi) is 4.86. The van der Waals surface area contributed by atoms with E-state index in [9.17, 15) is 9.18 Å². The van der Waals surface area contributed by atoms with Gasteiger partial charge >= 0.3 is 0 Å². The molecular weight excluding hydrogens is 375 g/mol. The molecule has 3 heterocycles. The van der Waals surface area contributed by atoms with E-state index in [-0.39, 0.29) is 18.1 Å². The molecule has 29 heavy (non-hydrogen) atoms. The lowest BCUT2D eigenvalue weighted by Crippen LogP contribution is -2.07. The molecular formula is C20H17FN6O2. The van der Waals surface area contributed by atoms with Gasteiger partial charge in [-0.05, 0) is 18.2 Å². The van der Waals surface area contributed by atoms with E-state index in [4.69, 9.17) is 4.42 Å². The van der Waals surface area contributed by atoms with Crippen LogP contribution >= 0.6 is 0 Å². The first-order valence-electron chi connectivity index (χ1n) is 8.77. The van der Waals surface area contributed by atoms with E-state index in [0.29, 0.717) is 40.2 Å². The fourth-order valence-electron chi connectivity index (χ4n) is 2.88. The number of rotatable bonds is 6. The molecule has 1 aromatic carbocycles. The normalized spacial score (nSPS) is 11.4. The molecule has 146 valence electrons. The lowest BCUT2D eigenvalue weighted by molar-refractivity contribution is 0.110. The number of fused-ring (bicyclic) bond motifs is 1. The maximum Gasteiger partial charge on any atom is 0.185 e. The highest BCUT2D eigenvalue weighted by Crippen LogP contribution is 2.33. The highest BCUT2D eigenvalue weighted by molar-refractivity contribution is 5.98. The topological polar surface area (TPSA) is 89.4 Å². The van der Waals surface area contributed by atoms with E-state index in [1.165, 1.54) is 12.4 Å². The Bertz CT molecular complexity index is 1210. The van der Waals surface area contributed by atoms with E-state index in [0.717, 1.165) is 0 Å². The van der Waals surface area contributed by atoms with Gasteiger partial charge < -0.3 is 9.32 Å². The van der Waals surface area contributed by atoms with Crippen LogP contribution in [0.3, 0.4) is 0 Å². The van der Waals surface area contributed by atoms with E-state index >= 15 is 0 Å². The number of hydrogen-bond acceptors (Lipinski definition) is 6. The first-order valence-corrected chi connectivity index (χ1v) is 8.77. The zero-order valence-corrected chi connectivity index (χ0v) is 15.8. The van der Waals surface area contributed by atoms with Crippen molar-refractivity contribution in [3.05, 3.63) is 59.9 Å². The molecule has 0 saturated heterocycles. The first kappa shape index (κ1) is 18.5. The fraction of sp³-hybridized carbons (Fsp3) is 0.150. The molecule has 0 spiro atoms. The second kappa shape index (κ2) is 7.63. The first-order chi connectivity index (χ1) is 14.1. The number of aromatic nitrogens is 4. The number of hydrogen-bond donors (Lipinski definition) is 0. The number of nitrogens with zero attached hydrogens (tertiary/aromatic N) is 6. The second-order valence-electron chi connectivity index (χ2n) is 6.52. The number of carbonyl (C=O) groups excluding carboxylic acids is 1. The molecule has 0 aliphatic heterocycles. The van der Waals surface area contributed by atoms with Crippen molar-refractivity contribution < 1.29 is 13.6 Å². The summed E-state index contributed by atoms with van der Waals surface area (Å²) in [6.07, 6.45) is 3.61. The van der Waals surface area contributed by atoms with Crippen molar-refractivity contribution in [2.45, 2.75) is 6.54 Å². The fourth-order valence-corrected chi connectivity index (χ4v) is 2.88. The number of aldehydes is 1. The van der Waals surface area contributed by atoms with Crippen LogP contribution < -0.4 is 0 Å². The number of aliphatic imine (C=N–C) groups is 1. The SMILES string of the molecule is CN(C)/C=N/c1ncnc2c1c(-c1ccc(C=O)o1)nn2Cc1ccccc1F. The van der Waals surface area contributed by atoms with Gasteiger partial charge in [0.15, 0.2) is 29.3 Å². The monoisotopic (exact) mass is 392 g/mol. The smallest absolute Gasteiger partial charge is 0.185 e. The molecule has 0 aliphatic rings. The average molecular weight is 392 g/mol. The summed E-state index contributed by atoms with van der Waals surface area (Å²) in [6.45, 7) is 0.165. The highest BCUT2D eigenvalue weighted by Gasteiger charge is 2.21. The predicted octanol–water partition coefficient (Wildman–Crippen LogP) is 3.31. The van der Waals surface area contributed by atoms with Gasteiger partial charge in [-0.3, -0.25) is 4.79 Å². The Morgan fingerprint density at radius 2 is 2.03 bits per heavy atom. The summed E-state index contributed by atoms with van der Waals surface area (Å²) in [4.78, 5) is 25.8. The third kappa shape index (κ3) is 3.62. The van der Waals surface area contributed by atoms with Crippen molar-refractivity contribution in [2.75, 3.05) is 14.1 Å². The summed E-state index contributed by atoms with van der Waals surface area (Å²) in [5.74, 6) is 0.605. The molecule has 4 aromatic rings. The van der Waals surface area contributed by atoms with E-state index < -0.39 is 0 Å². The van der Waals surface area contributed by atoms with Crippen molar-refractivity contribution in [3.8, 4) is 11.5 Å². The average Bonchev–Trinajstić information content (AvgIpc) is 3.33. The molecule has 0 aliphatic carbocycles. The van der Waals surface area contributed by atoms with Crippen LogP contribution in [0.4, 0.5) is 10.2 Å². The van der Waals surface area contributed by atoms with Crippen LogP contribution in [-0.4, -0.2) is 51.4 Å². The summed E-state index contributed by atoms with van der Waals surface area (Å²) < 4.78 is 21.3. The Balaban J connectivity index is 1.92. The van der Waals surface area contributed by atoms with Crippen molar-refractivity contribution in [1.29, 1.82) is 0 Å². The Morgan fingerprint density at radius 1 is 1.21 bits per heavy atom. The molecule has 0 bridgehead atoms. The van der Waals surface area contributed by atoms with Crippen LogP contribution in [0, 0.1) is 5.82 Å². The summed E-state index contributed by atoms with van der Waals surface area (Å²) >= 11 is 0. The van der Waals surface area contributed by atoms with E-state index in [1.54, 1.807) is 46.3 Å². The zero-order chi connectivity index (χ0) is 20.4. The molecule has 9 heteroatoms. The maximum atomic E-state index is 14.2. The van der Waals surface area contributed by atoms with Crippen LogP contribution in [0.1, 0.15) is 16.1 Å². The zero-order valence-electron chi connectivity index (χ0n) is 15.8. The largest absolute Gasteiger partial charge is 0.452 e. The van der Waals surface area contributed by atoms with Gasteiger partial charge in [0.2, 0.25) is 0 Å². The summed E-state index contributed by atoms with van der Waals surface area (Å²) in [5, 5.41) is 5.13. The third-order valence-electron chi connectivity index (χ3n) is 4.17. The van der Waals surface area contributed by atoms with Gasteiger partial charge in [0, 0.05) is 19.7 Å². The van der Waals surface area contributed by atoms with Gasteiger partial charge in [0.1, 0.15) is 17.8 Å². The van der Waals surface area contributed by atoms with Gasteiger partial charge in [0.05, 0.1) is 18.3 Å². The van der Waals surface area contributed by atoms with E-state index in [2.05, 4.69) is 20.1 Å². The minimum absolute atomic E-state index is 0.165. The lowest BCUT2D eigenvalue weighted by Gasteiger charge is -2.05. The van der Waals surface area contributed by atoms with E-state index in [1.807, 2.05) is 14.1 Å². The van der Waals surface area contributed by atoms with Gasteiger partial charge in [-0.1, -0.05) is 18.2 Å². The van der Waals surface area contributed by atoms with Gasteiger partial charge in [0.25, 0.3) is 0 Å². The predicted molar refractivity (Wildman–Crippen MR) is 106 cm³/mol. The van der Waals surface area contributed by atoms with Gasteiger partial charge in [-0.2, -0.15) is 5.10 Å². The molecule has 3 aromatic heterocycles. The minimum Gasteiger partial charge on any atom is -0.452 e. The molecule has 0 N–H and O–H groups in total. The van der Waals surface area contributed by atoms with Gasteiger partial charge in [-0.25, -0.2) is 24.0 Å². The van der Waals surface area contributed by atoms with Crippen molar-refractivity contribution in [3.63, 3.8) is 0 Å². The quantitative estimate of drug-likeness (QED) is 0.284. The molecule has 8 nitrogen and oxygen atoms in total. The number of benzene rings is 1. The van der Waals surface area contributed by atoms with Crippen LogP contribution in [0.25, 0.3) is 22.5 Å². The minimum atomic E-state index is -0.334. The molecule has 0 saturated carbocycles. The van der Waals surface area contributed by atoms with Crippen LogP contribution in [0.2, 0.25) is 0 Å². The van der Waals surface area contributed by atoms with Crippen LogP contribution in [-0.2, 0) is 6.54 Å². The number of furan rings is 1. The van der Waals surface area contributed by atoms with Crippen LogP contribution in [0.5, 0.6) is 0 Å². The van der Waals surface area contributed by atoms with Crippen LogP contribution in [0.15, 0.2) is 52.1 Å². The number of halogens is 1. The molecule has 0 atom stereocenters. The third-order valence-corrected chi connectivity index (χ3v) is 4.17. The van der Waals surface area contributed by atoms with Gasteiger partial charge in [-0.15, -0.1) is 0 Å². The Morgan fingerprint density at radius 3 is 2.76 bits per heavy atom. The van der Waals surface area contributed by atoms with Crippen molar-refractivity contribution >= 4 is 29.5 Å². The molecule has 0 unspecified atom stereocenters. The number of carbonyl (C=O) groups is 1. The molecule has 0 fully saturated rings. The highest BCUT2D eigenvalue weighted by atomic mass is 19.1. The summed E-state index contributed by atoms with van der Waals surface area (Å²) in [7, 11) is 3.68. The van der Waals surface area contributed by atoms with Crippen molar-refractivity contribution in [1.82, 2.24) is 24.6 Å². The summed E-state index contributed by atoms with van der Waals surface area (Å²) in [5.41, 5.74) is 1.37. The Hall–Kier alpha value is -3.88. The molecule has 0 amide bonds. The summed E-state index contributed by atoms with van der Waals surface area (Å²) in [6, 6.07) is 9.67. The standard InChI is InChI=1S/C20H17FN6O2/c1-26(2)12-24-19-17-18(16-8-7-14(10-28)29-16)25-27(20(17)23-11-22-19)9-13-5-3-4-6-15(13)21/h3-8,10-12H,9H2,1-2H3/b24-12+.